The molecule has 9 heteroatoms. The van der Waals surface area contributed by atoms with Gasteiger partial charge in [-0.2, -0.15) is 4.31 Å². The predicted molar refractivity (Wildman–Crippen MR) is 121 cm³/mol. The molecule has 0 bridgehead atoms. The van der Waals surface area contributed by atoms with Crippen molar-refractivity contribution in [3.8, 4) is 0 Å². The number of benzene rings is 1. The van der Waals surface area contributed by atoms with E-state index in [4.69, 9.17) is 8.94 Å². The van der Waals surface area contributed by atoms with Gasteiger partial charge in [0.2, 0.25) is 10.0 Å². The Bertz CT molecular complexity index is 1300. The normalized spacial score (nSPS) is 16.3. The third-order valence-corrected chi connectivity index (χ3v) is 8.27. The molecule has 172 valence electrons. The summed E-state index contributed by atoms with van der Waals surface area (Å²) in [5.41, 5.74) is 3.83. The lowest BCUT2D eigenvalue weighted by molar-refractivity contribution is 0.182. The van der Waals surface area contributed by atoms with E-state index in [0.717, 1.165) is 16.5 Å². The molecule has 3 aromatic rings. The van der Waals surface area contributed by atoms with E-state index in [0.29, 0.717) is 55.7 Å². The summed E-state index contributed by atoms with van der Waals surface area (Å²) in [5.74, 6) is 0.668. The minimum absolute atomic E-state index is 0.161. The molecule has 8 nitrogen and oxygen atoms in total. The molecule has 0 atom stereocenters. The van der Waals surface area contributed by atoms with Gasteiger partial charge in [-0.25, -0.2) is 13.2 Å². The third-order valence-electron chi connectivity index (χ3n) is 6.13. The maximum Gasteiger partial charge on any atom is 0.336 e. The Morgan fingerprint density at radius 2 is 1.75 bits per heavy atom. The highest BCUT2D eigenvalue weighted by atomic mass is 32.2. The molecule has 0 unspecified atom stereocenters. The maximum absolute atomic E-state index is 13.1. The standard InChI is InChI=1S/C23H29N3O5S/c1-14(2)19-12-20-18(11-22(27)30-21(20)10-15(19)3)13-25-6-8-26(9-7-25)32(28,29)23-16(4)24-31-17(23)5/h10-12,14H,6-9,13H2,1-5H3. The van der Waals surface area contributed by atoms with E-state index >= 15 is 0 Å². The van der Waals surface area contributed by atoms with Crippen LogP contribution in [-0.4, -0.2) is 49.0 Å². The Labute approximate surface area is 187 Å². The molecule has 3 heterocycles. The number of rotatable bonds is 5. The number of hydrogen-bond donors (Lipinski definition) is 0. The largest absolute Gasteiger partial charge is 0.423 e. The first kappa shape index (κ1) is 22.7. The quantitative estimate of drug-likeness (QED) is 0.540. The van der Waals surface area contributed by atoms with Crippen LogP contribution in [0.4, 0.5) is 0 Å². The van der Waals surface area contributed by atoms with E-state index in [9.17, 15) is 13.2 Å². The smallest absolute Gasteiger partial charge is 0.336 e. The Balaban J connectivity index is 1.56. The molecule has 1 fully saturated rings. The van der Waals surface area contributed by atoms with Gasteiger partial charge in [0, 0.05) is 44.2 Å². The lowest BCUT2D eigenvalue weighted by Gasteiger charge is -2.34. The molecule has 0 N–H and O–H groups in total. The summed E-state index contributed by atoms with van der Waals surface area (Å²) in [6.45, 7) is 12.0. The molecule has 1 aliphatic heterocycles. The second-order valence-electron chi connectivity index (χ2n) is 8.78. The average molecular weight is 460 g/mol. The topological polar surface area (TPSA) is 96.9 Å². The Morgan fingerprint density at radius 3 is 2.34 bits per heavy atom. The van der Waals surface area contributed by atoms with Gasteiger partial charge in [0.05, 0.1) is 0 Å². The molecule has 0 amide bonds. The summed E-state index contributed by atoms with van der Waals surface area (Å²) < 4.78 is 38.1. The van der Waals surface area contributed by atoms with Crippen molar-refractivity contribution in [3.63, 3.8) is 0 Å². The monoisotopic (exact) mass is 459 g/mol. The van der Waals surface area contributed by atoms with Crippen LogP contribution < -0.4 is 5.63 Å². The van der Waals surface area contributed by atoms with Crippen LogP contribution in [0.25, 0.3) is 11.0 Å². The van der Waals surface area contributed by atoms with Crippen molar-refractivity contribution in [2.75, 3.05) is 26.2 Å². The Morgan fingerprint density at radius 1 is 1.06 bits per heavy atom. The number of sulfonamides is 1. The van der Waals surface area contributed by atoms with Gasteiger partial charge in [-0.3, -0.25) is 4.90 Å². The van der Waals surface area contributed by atoms with E-state index in [1.807, 2.05) is 13.0 Å². The van der Waals surface area contributed by atoms with Gasteiger partial charge in [0.25, 0.3) is 0 Å². The van der Waals surface area contributed by atoms with Crippen molar-refractivity contribution in [2.45, 2.75) is 52.0 Å². The van der Waals surface area contributed by atoms with Crippen LogP contribution in [0, 0.1) is 20.8 Å². The number of fused-ring (bicyclic) bond motifs is 1. The summed E-state index contributed by atoms with van der Waals surface area (Å²) in [6, 6.07) is 5.60. The zero-order valence-corrected chi connectivity index (χ0v) is 20.0. The van der Waals surface area contributed by atoms with Crippen molar-refractivity contribution in [2.24, 2.45) is 0 Å². The lowest BCUT2D eigenvalue weighted by Crippen LogP contribution is -2.48. The number of aryl methyl sites for hydroxylation is 3. The molecule has 32 heavy (non-hydrogen) atoms. The van der Waals surface area contributed by atoms with Crippen LogP contribution in [0.1, 0.15) is 47.9 Å². The van der Waals surface area contributed by atoms with Crippen molar-refractivity contribution >= 4 is 21.0 Å². The summed E-state index contributed by atoms with van der Waals surface area (Å²) in [7, 11) is -3.65. The molecule has 0 aliphatic carbocycles. The van der Waals surface area contributed by atoms with E-state index in [2.05, 4.69) is 30.0 Å². The zero-order valence-electron chi connectivity index (χ0n) is 19.1. The molecule has 0 radical (unpaired) electrons. The molecule has 2 aromatic heterocycles. The van der Waals surface area contributed by atoms with Gasteiger partial charge >= 0.3 is 5.63 Å². The Hall–Kier alpha value is -2.49. The summed E-state index contributed by atoms with van der Waals surface area (Å²) in [6.07, 6.45) is 0. The fourth-order valence-electron chi connectivity index (χ4n) is 4.49. The number of nitrogens with zero attached hydrogens (tertiary/aromatic N) is 3. The summed E-state index contributed by atoms with van der Waals surface area (Å²) in [5, 5.41) is 4.72. The van der Waals surface area contributed by atoms with Gasteiger partial charge < -0.3 is 8.94 Å². The average Bonchev–Trinajstić information content (AvgIpc) is 3.06. The number of hydrogen-bond acceptors (Lipinski definition) is 7. The summed E-state index contributed by atoms with van der Waals surface area (Å²) in [4.78, 5) is 14.5. The van der Waals surface area contributed by atoms with Crippen molar-refractivity contribution in [1.82, 2.24) is 14.4 Å². The van der Waals surface area contributed by atoms with E-state index in [1.54, 1.807) is 19.9 Å². The highest BCUT2D eigenvalue weighted by Crippen LogP contribution is 2.28. The molecular weight excluding hydrogens is 430 g/mol. The van der Waals surface area contributed by atoms with Crippen LogP contribution in [0.2, 0.25) is 0 Å². The SMILES string of the molecule is Cc1cc2oc(=O)cc(CN3CCN(S(=O)(=O)c4c(C)noc4C)CC3)c2cc1C(C)C. The van der Waals surface area contributed by atoms with Crippen molar-refractivity contribution in [3.05, 3.63) is 56.8 Å². The lowest BCUT2D eigenvalue weighted by atomic mass is 9.95. The second-order valence-corrected chi connectivity index (χ2v) is 10.7. The van der Waals surface area contributed by atoms with Crippen molar-refractivity contribution < 1.29 is 17.4 Å². The maximum atomic E-state index is 13.1. The fraction of sp³-hybridized carbons (Fsp3) is 0.478. The first-order chi connectivity index (χ1) is 15.1. The highest BCUT2D eigenvalue weighted by molar-refractivity contribution is 7.89. The second kappa shape index (κ2) is 8.46. The van der Waals surface area contributed by atoms with Crippen LogP contribution in [0.15, 0.2) is 36.8 Å². The first-order valence-electron chi connectivity index (χ1n) is 10.8. The molecule has 1 aliphatic rings. The van der Waals surface area contributed by atoms with Gasteiger partial charge in [-0.1, -0.05) is 19.0 Å². The molecule has 4 rings (SSSR count). The van der Waals surface area contributed by atoms with Crippen LogP contribution in [-0.2, 0) is 16.6 Å². The van der Waals surface area contributed by atoms with Crippen LogP contribution in [0.3, 0.4) is 0 Å². The minimum atomic E-state index is -3.65. The van der Waals surface area contributed by atoms with Crippen LogP contribution in [0.5, 0.6) is 0 Å². The van der Waals surface area contributed by atoms with Gasteiger partial charge in [-0.15, -0.1) is 0 Å². The highest BCUT2D eigenvalue weighted by Gasteiger charge is 2.33. The van der Waals surface area contributed by atoms with Gasteiger partial charge in [-0.05, 0) is 55.5 Å². The number of piperazine rings is 1. The molecule has 1 aromatic carbocycles. The van der Waals surface area contributed by atoms with E-state index in [-0.39, 0.29) is 10.5 Å². The number of aromatic nitrogens is 1. The first-order valence-corrected chi connectivity index (χ1v) is 12.2. The minimum Gasteiger partial charge on any atom is -0.423 e. The van der Waals surface area contributed by atoms with Crippen LogP contribution >= 0.6 is 0 Å². The molecule has 1 saturated heterocycles. The molecular formula is C23H29N3O5S. The van der Waals surface area contributed by atoms with Gasteiger partial charge in [0.1, 0.15) is 16.2 Å². The molecule has 0 saturated carbocycles. The van der Waals surface area contributed by atoms with E-state index in [1.165, 1.54) is 9.87 Å². The molecule has 0 spiro atoms. The van der Waals surface area contributed by atoms with Crippen molar-refractivity contribution in [1.29, 1.82) is 0 Å². The third kappa shape index (κ3) is 4.12. The summed E-state index contributed by atoms with van der Waals surface area (Å²) >= 11 is 0. The van der Waals surface area contributed by atoms with Gasteiger partial charge in [0.15, 0.2) is 5.76 Å². The van der Waals surface area contributed by atoms with E-state index < -0.39 is 10.0 Å². The fourth-order valence-corrected chi connectivity index (χ4v) is 6.20. The zero-order chi connectivity index (χ0) is 23.2. The predicted octanol–water partition coefficient (Wildman–Crippen LogP) is 3.34. The Kier molecular flexibility index (Phi) is 6.00.